The molecule has 1 aromatic heterocycles. The van der Waals surface area contributed by atoms with Gasteiger partial charge < -0.3 is 5.32 Å². The zero-order valence-corrected chi connectivity index (χ0v) is 16.7. The Labute approximate surface area is 166 Å². The average Bonchev–Trinajstić information content (AvgIpc) is 2.66. The summed E-state index contributed by atoms with van der Waals surface area (Å²) in [6, 6.07) is 4.02. The van der Waals surface area contributed by atoms with Crippen molar-refractivity contribution in [3.63, 3.8) is 0 Å². The third kappa shape index (κ3) is 4.45. The molecule has 0 spiro atoms. The molecule has 0 unspecified atom stereocenters. The first-order valence-corrected chi connectivity index (χ1v) is 10.4. The van der Waals surface area contributed by atoms with Crippen molar-refractivity contribution in [1.82, 2.24) is 14.3 Å². The topological polar surface area (TPSA) is 95.2 Å². The van der Waals surface area contributed by atoms with Crippen LogP contribution in [0.15, 0.2) is 34.0 Å². The van der Waals surface area contributed by atoms with Crippen LogP contribution in [0.3, 0.4) is 0 Å². The summed E-state index contributed by atoms with van der Waals surface area (Å²) in [4.78, 5) is 18.0. The fraction of sp³-hybridized carbons (Fsp3) is 0.444. The molecular weight excluding hydrogens is 409 g/mol. The molecule has 0 atom stereocenters. The quantitative estimate of drug-likeness (QED) is 0.778. The van der Waals surface area contributed by atoms with Crippen LogP contribution < -0.4 is 10.9 Å². The molecule has 1 fully saturated rings. The molecule has 1 aromatic carbocycles. The molecule has 1 aliphatic heterocycles. The Balaban J connectivity index is 1.73. The van der Waals surface area contributed by atoms with Crippen molar-refractivity contribution < 1.29 is 21.6 Å². The molecular formula is C18H21F3N4O3S. The smallest absolute Gasteiger partial charge is 0.353 e. The Kier molecular flexibility index (Phi) is 5.72. The van der Waals surface area contributed by atoms with E-state index in [1.807, 2.05) is 0 Å². The Bertz CT molecular complexity index is 1060. The first-order chi connectivity index (χ1) is 13.5. The van der Waals surface area contributed by atoms with Gasteiger partial charge in [-0.1, -0.05) is 12.1 Å². The lowest BCUT2D eigenvalue weighted by molar-refractivity contribution is -0.139. The molecule has 0 bridgehead atoms. The SMILES string of the molecule is Cc1nc(NC2CCN(S(=O)(=O)c3ccccc3C(F)(F)F)CC2)[nH]c(=O)c1C. The standard InChI is InChI=1S/C18H21F3N4O3S/c1-11-12(2)22-17(24-16(11)26)23-13-7-9-25(10-8-13)29(27,28)15-6-4-3-5-14(15)18(19,20)21/h3-6,13H,7-10H2,1-2H3,(H2,22,23,24,26). The molecule has 2 N–H and O–H groups in total. The summed E-state index contributed by atoms with van der Waals surface area (Å²) < 4.78 is 66.3. The zero-order valence-electron chi connectivity index (χ0n) is 15.9. The highest BCUT2D eigenvalue weighted by Gasteiger charge is 2.39. The van der Waals surface area contributed by atoms with Gasteiger partial charge >= 0.3 is 6.18 Å². The van der Waals surface area contributed by atoms with Crippen LogP contribution in [0.4, 0.5) is 19.1 Å². The number of nitrogens with one attached hydrogen (secondary N) is 2. The Morgan fingerprint density at radius 1 is 1.17 bits per heavy atom. The van der Waals surface area contributed by atoms with Gasteiger partial charge in [-0.05, 0) is 38.8 Å². The van der Waals surface area contributed by atoms with Crippen molar-refractivity contribution in [2.24, 2.45) is 0 Å². The van der Waals surface area contributed by atoms with Gasteiger partial charge in [-0.2, -0.15) is 17.5 Å². The van der Waals surface area contributed by atoms with Gasteiger partial charge in [0.15, 0.2) is 0 Å². The van der Waals surface area contributed by atoms with Gasteiger partial charge in [-0.25, -0.2) is 13.4 Å². The number of nitrogens with zero attached hydrogens (tertiary/aromatic N) is 2. The highest BCUT2D eigenvalue weighted by atomic mass is 32.2. The van der Waals surface area contributed by atoms with Crippen LogP contribution in [0.5, 0.6) is 0 Å². The summed E-state index contributed by atoms with van der Waals surface area (Å²) in [7, 11) is -4.28. The second kappa shape index (κ2) is 7.79. The highest BCUT2D eigenvalue weighted by Crippen LogP contribution is 2.35. The maximum Gasteiger partial charge on any atom is 0.417 e. The molecule has 0 radical (unpaired) electrons. The zero-order chi connectivity index (χ0) is 21.4. The van der Waals surface area contributed by atoms with E-state index in [9.17, 15) is 26.4 Å². The molecule has 2 heterocycles. The number of aryl methyl sites for hydroxylation is 1. The van der Waals surface area contributed by atoms with E-state index in [1.54, 1.807) is 13.8 Å². The number of hydrogen-bond donors (Lipinski definition) is 2. The minimum Gasteiger partial charge on any atom is -0.353 e. The number of piperidine rings is 1. The van der Waals surface area contributed by atoms with Gasteiger partial charge in [0.25, 0.3) is 5.56 Å². The Morgan fingerprint density at radius 3 is 2.38 bits per heavy atom. The van der Waals surface area contributed by atoms with Gasteiger partial charge in [0, 0.05) is 30.4 Å². The fourth-order valence-electron chi connectivity index (χ4n) is 3.21. The number of sulfonamides is 1. The average molecular weight is 430 g/mol. The van der Waals surface area contributed by atoms with Crippen molar-refractivity contribution in [2.45, 2.75) is 43.8 Å². The molecule has 7 nitrogen and oxygen atoms in total. The van der Waals surface area contributed by atoms with Crippen LogP contribution in [0, 0.1) is 13.8 Å². The number of alkyl halides is 3. The van der Waals surface area contributed by atoms with Crippen LogP contribution >= 0.6 is 0 Å². The van der Waals surface area contributed by atoms with Crippen molar-refractivity contribution in [3.05, 3.63) is 51.4 Å². The van der Waals surface area contributed by atoms with E-state index >= 15 is 0 Å². The largest absolute Gasteiger partial charge is 0.417 e. The summed E-state index contributed by atoms with van der Waals surface area (Å²) in [6.45, 7) is 3.48. The van der Waals surface area contributed by atoms with Gasteiger partial charge in [0.1, 0.15) is 0 Å². The van der Waals surface area contributed by atoms with Gasteiger partial charge in [0.2, 0.25) is 16.0 Å². The van der Waals surface area contributed by atoms with Crippen LogP contribution in [0.25, 0.3) is 0 Å². The van der Waals surface area contributed by atoms with Crippen LogP contribution in [-0.2, 0) is 16.2 Å². The molecule has 0 saturated carbocycles. The number of anilines is 1. The number of aromatic nitrogens is 2. The number of rotatable bonds is 4. The molecule has 29 heavy (non-hydrogen) atoms. The van der Waals surface area contributed by atoms with Gasteiger partial charge in [-0.15, -0.1) is 0 Å². The van der Waals surface area contributed by atoms with E-state index in [4.69, 9.17) is 0 Å². The molecule has 11 heteroatoms. The Morgan fingerprint density at radius 2 is 1.79 bits per heavy atom. The molecule has 2 aromatic rings. The molecule has 3 rings (SSSR count). The normalized spacial score (nSPS) is 16.7. The number of hydrogen-bond acceptors (Lipinski definition) is 5. The van der Waals surface area contributed by atoms with Gasteiger partial charge in [-0.3, -0.25) is 9.78 Å². The molecule has 0 aliphatic carbocycles. The summed E-state index contributed by atoms with van der Waals surface area (Å²) in [6.07, 6.45) is -4.03. The lowest BCUT2D eigenvalue weighted by atomic mass is 10.1. The molecule has 1 saturated heterocycles. The van der Waals surface area contributed by atoms with Gasteiger partial charge in [0.05, 0.1) is 10.5 Å². The fourth-order valence-corrected chi connectivity index (χ4v) is 4.89. The summed E-state index contributed by atoms with van der Waals surface area (Å²) in [5.74, 6) is 0.293. The maximum atomic E-state index is 13.2. The van der Waals surface area contributed by atoms with E-state index in [0.717, 1.165) is 22.5 Å². The first-order valence-electron chi connectivity index (χ1n) is 9.00. The molecule has 158 valence electrons. The second-order valence-corrected chi connectivity index (χ2v) is 8.85. The number of benzene rings is 1. The van der Waals surface area contributed by atoms with Crippen molar-refractivity contribution >= 4 is 16.0 Å². The van der Waals surface area contributed by atoms with Crippen molar-refractivity contribution in [1.29, 1.82) is 0 Å². The molecule has 1 aliphatic rings. The predicted octanol–water partition coefficient (Wildman–Crippen LogP) is 2.67. The van der Waals surface area contributed by atoms with Crippen molar-refractivity contribution in [3.8, 4) is 0 Å². The minimum atomic E-state index is -4.76. The number of H-pyrrole nitrogens is 1. The Hall–Kier alpha value is -2.40. The van der Waals surface area contributed by atoms with Crippen LogP contribution in [0.2, 0.25) is 0 Å². The van der Waals surface area contributed by atoms with E-state index in [-0.39, 0.29) is 24.7 Å². The van der Waals surface area contributed by atoms with E-state index in [1.165, 1.54) is 6.07 Å². The van der Waals surface area contributed by atoms with Crippen molar-refractivity contribution in [2.75, 3.05) is 18.4 Å². The van der Waals surface area contributed by atoms with E-state index in [2.05, 4.69) is 15.3 Å². The van der Waals surface area contributed by atoms with Crippen LogP contribution in [0.1, 0.15) is 29.7 Å². The third-order valence-electron chi connectivity index (χ3n) is 5.00. The van der Waals surface area contributed by atoms with Crippen LogP contribution in [-0.4, -0.2) is 41.8 Å². The van der Waals surface area contributed by atoms with E-state index < -0.39 is 26.7 Å². The lowest BCUT2D eigenvalue weighted by Gasteiger charge is -2.32. The first kappa shape index (κ1) is 21.3. The maximum absolute atomic E-state index is 13.2. The minimum absolute atomic E-state index is 0.0568. The van der Waals surface area contributed by atoms with E-state index in [0.29, 0.717) is 30.0 Å². The monoisotopic (exact) mass is 430 g/mol. The number of aromatic amines is 1. The lowest BCUT2D eigenvalue weighted by Crippen LogP contribution is -2.43. The summed E-state index contributed by atoms with van der Waals surface area (Å²) in [5.41, 5.74) is -0.333. The summed E-state index contributed by atoms with van der Waals surface area (Å²) in [5, 5.41) is 3.07. The second-order valence-electron chi connectivity index (χ2n) is 6.94. The highest BCUT2D eigenvalue weighted by molar-refractivity contribution is 7.89. The third-order valence-corrected chi connectivity index (χ3v) is 6.96. The predicted molar refractivity (Wildman–Crippen MR) is 101 cm³/mol. The summed E-state index contributed by atoms with van der Waals surface area (Å²) >= 11 is 0. The molecule has 0 amide bonds. The number of halogens is 3.